The number of aliphatic hydroxyl groups is 1. The van der Waals surface area contributed by atoms with E-state index in [4.69, 9.17) is 56.8 Å². The average Bonchev–Trinajstić information content (AvgIpc) is 4.00. The highest BCUT2D eigenvalue weighted by atomic mass is 79.9. The molecule has 8 aliphatic rings. The first-order valence-corrected chi connectivity index (χ1v) is 19.1. The van der Waals surface area contributed by atoms with Crippen molar-refractivity contribution < 1.29 is 76.3 Å². The first-order chi connectivity index (χ1) is 24.6. The molecule has 0 amide bonds. The summed E-state index contributed by atoms with van der Waals surface area (Å²) in [4.78, 5) is 33.5. The summed E-state index contributed by atoms with van der Waals surface area (Å²) in [6, 6.07) is 0. The molecule has 17 heteroatoms. The number of fused-ring (bicyclic) bond motifs is 8. The van der Waals surface area contributed by atoms with Gasteiger partial charge in [-0.05, 0) is 23.7 Å². The van der Waals surface area contributed by atoms with E-state index in [0.717, 1.165) is 0 Å². The molecule has 0 aliphatic carbocycles. The monoisotopic (exact) mass is 808 g/mol. The topological polar surface area (TPSA) is 189 Å². The Bertz CT molecular complexity index is 1270. The number of hydrogen-bond donors (Lipinski definition) is 1. The van der Waals surface area contributed by atoms with Gasteiger partial charge in [-0.2, -0.15) is 0 Å². The van der Waals surface area contributed by atoms with Crippen LogP contribution in [0.4, 0.5) is 0 Å². The number of hydrogen-bond acceptors (Lipinski definition) is 16. The van der Waals surface area contributed by atoms with Gasteiger partial charge in [-0.1, -0.05) is 50.5 Å². The zero-order valence-electron chi connectivity index (χ0n) is 30.8. The van der Waals surface area contributed by atoms with Gasteiger partial charge in [0.2, 0.25) is 0 Å². The Morgan fingerprint density at radius 1 is 0.615 bits per heavy atom. The molecule has 16 nitrogen and oxygen atoms in total. The van der Waals surface area contributed by atoms with E-state index in [9.17, 15) is 19.5 Å². The van der Waals surface area contributed by atoms with E-state index in [1.807, 2.05) is 13.8 Å². The smallest absolute Gasteiger partial charge is 0.303 e. The summed E-state index contributed by atoms with van der Waals surface area (Å²) >= 11 is 3.51. The Morgan fingerprint density at radius 2 is 1.15 bits per heavy atom. The lowest BCUT2D eigenvalue weighted by Gasteiger charge is -2.44. The van der Waals surface area contributed by atoms with Crippen molar-refractivity contribution in [2.75, 3.05) is 26.4 Å². The van der Waals surface area contributed by atoms with Crippen LogP contribution in [0.3, 0.4) is 0 Å². The molecule has 0 aromatic rings. The molecule has 296 valence electrons. The van der Waals surface area contributed by atoms with Crippen molar-refractivity contribution in [2.45, 2.75) is 146 Å². The molecule has 1 N–H and O–H groups in total. The summed E-state index contributed by atoms with van der Waals surface area (Å²) in [6.07, 6.45) is -3.74. The van der Waals surface area contributed by atoms with E-state index >= 15 is 0 Å². The fourth-order valence-electron chi connectivity index (χ4n) is 7.54. The zero-order valence-corrected chi connectivity index (χ0v) is 32.4. The van der Waals surface area contributed by atoms with E-state index in [1.165, 1.54) is 20.8 Å². The fourth-order valence-corrected chi connectivity index (χ4v) is 8.30. The predicted octanol–water partition coefficient (Wildman–Crippen LogP) is 1.83. The number of epoxide rings is 2. The van der Waals surface area contributed by atoms with Crippen molar-refractivity contribution in [1.82, 2.24) is 0 Å². The summed E-state index contributed by atoms with van der Waals surface area (Å²) in [5, 5.41) is 9.44. The Hall–Kier alpha value is -1.51. The minimum atomic E-state index is -0.809. The van der Waals surface area contributed by atoms with Crippen molar-refractivity contribution in [1.29, 1.82) is 0 Å². The van der Waals surface area contributed by atoms with Crippen LogP contribution in [0.5, 0.6) is 0 Å². The lowest BCUT2D eigenvalue weighted by molar-refractivity contribution is -0.302. The van der Waals surface area contributed by atoms with E-state index < -0.39 is 24.5 Å². The molecule has 8 unspecified atom stereocenters. The van der Waals surface area contributed by atoms with Crippen LogP contribution in [0.2, 0.25) is 0 Å². The van der Waals surface area contributed by atoms with Crippen molar-refractivity contribution in [3.63, 3.8) is 0 Å². The lowest BCUT2D eigenvalue weighted by atomic mass is 9.80. The average molecular weight is 810 g/mol. The molecule has 0 aromatic heterocycles. The van der Waals surface area contributed by atoms with Gasteiger partial charge in [-0.15, -0.1) is 0 Å². The highest BCUT2D eigenvalue weighted by Crippen LogP contribution is 2.45. The predicted molar refractivity (Wildman–Crippen MR) is 178 cm³/mol. The summed E-state index contributed by atoms with van der Waals surface area (Å²) < 4.78 is 66.3. The molecule has 8 saturated heterocycles. The van der Waals surface area contributed by atoms with Gasteiger partial charge in [0.05, 0.1) is 25.4 Å². The summed E-state index contributed by atoms with van der Waals surface area (Å²) in [7, 11) is 0. The van der Waals surface area contributed by atoms with Crippen molar-refractivity contribution >= 4 is 33.8 Å². The number of ether oxygens (including phenoxy) is 12. The third-order valence-corrected chi connectivity index (χ3v) is 12.6. The number of esters is 3. The largest absolute Gasteiger partial charge is 0.463 e. The fraction of sp³-hybridized carbons (Fsp3) is 0.914. The van der Waals surface area contributed by atoms with Gasteiger partial charge in [0.1, 0.15) is 67.1 Å². The second-order valence-electron chi connectivity index (χ2n) is 15.0. The highest BCUT2D eigenvalue weighted by Gasteiger charge is 2.64. The minimum Gasteiger partial charge on any atom is -0.463 e. The van der Waals surface area contributed by atoms with E-state index in [0.29, 0.717) is 37.6 Å². The lowest BCUT2D eigenvalue weighted by Crippen LogP contribution is -2.56. The summed E-state index contributed by atoms with van der Waals surface area (Å²) in [5.74, 6) is 0.372. The van der Waals surface area contributed by atoms with E-state index in [1.54, 1.807) is 0 Å². The van der Waals surface area contributed by atoms with E-state index in [2.05, 4.69) is 36.7 Å². The van der Waals surface area contributed by atoms with Crippen LogP contribution in [0, 0.1) is 29.6 Å². The van der Waals surface area contributed by atoms with Gasteiger partial charge in [-0.3, -0.25) is 14.4 Å². The van der Waals surface area contributed by atoms with Gasteiger partial charge in [0.15, 0.2) is 25.0 Å². The first kappa shape index (κ1) is 40.2. The van der Waals surface area contributed by atoms with E-state index in [-0.39, 0.29) is 103 Å². The molecule has 20 atom stereocenters. The number of carbonyl (C=O) groups is 3. The second kappa shape index (κ2) is 16.7. The molecule has 8 rings (SSSR count). The van der Waals surface area contributed by atoms with Gasteiger partial charge >= 0.3 is 17.9 Å². The molecule has 0 spiro atoms. The van der Waals surface area contributed by atoms with Crippen LogP contribution in [-0.2, 0) is 71.2 Å². The Kier molecular flexibility index (Phi) is 12.9. The molecular formula is C35H53BrO16. The number of alkyl halides is 1. The van der Waals surface area contributed by atoms with Gasteiger partial charge in [0.25, 0.3) is 0 Å². The molecule has 4 bridgehead atoms. The SMILES string of the molecule is CC(=O)OCC1O[C@@H](O[C@@H]2C3CO[C@H](O3)C3O[C@@H]32)C(OC(C)=O)[C@@H](C)[C@@H]1C.CC(=O)OCC1O[C@H](Br)C(C)[C@@H](C)[C@@H]1C.O[C@@H]1C2CO[C@H](O2)C2O[C@@H]21. The molecule has 0 aromatic carbocycles. The molecule has 0 radical (unpaired) electrons. The molecule has 8 fully saturated rings. The standard InChI is InChI=1S/C18H26O9.C11H19BrO3.C6H8O4/c1-7-8(2)13(23-10(4)20)18(24-11(7)5-21-9(3)19)27-14-12-6-22-17(25-12)16-15(14)26-16;1-6-7(2)10(5-14-9(4)13)15-11(12)8(6)3;7-3-2-1-8-6(9-2)5-4(3)10-5/h7-8,11-18H,5-6H2,1-4H3;6-8,10-11H,5H2,1-4H3;2-7H,1H2/t7-,8-,11?,12?,13?,14+,15+,16?,17+,18-;6-,7-,8?,10?,11-;2?,3-,4-,5?,6-/m001/s1. The van der Waals surface area contributed by atoms with Crippen molar-refractivity contribution in [3.8, 4) is 0 Å². The maximum atomic E-state index is 11.6. The van der Waals surface area contributed by atoms with Gasteiger partial charge < -0.3 is 61.9 Å². The van der Waals surface area contributed by atoms with Gasteiger partial charge in [-0.25, -0.2) is 0 Å². The maximum Gasteiger partial charge on any atom is 0.303 e. The van der Waals surface area contributed by atoms with Gasteiger partial charge in [0, 0.05) is 26.7 Å². The second-order valence-corrected chi connectivity index (χ2v) is 15.9. The normalized spacial score (nSPS) is 49.0. The number of aliphatic hydroxyl groups excluding tert-OH is 1. The quantitative estimate of drug-likeness (QED) is 0.170. The van der Waals surface area contributed by atoms with Crippen molar-refractivity contribution in [3.05, 3.63) is 0 Å². The van der Waals surface area contributed by atoms with Crippen LogP contribution in [0.15, 0.2) is 0 Å². The van der Waals surface area contributed by atoms with Crippen LogP contribution in [0.1, 0.15) is 55.4 Å². The Morgan fingerprint density at radius 3 is 1.77 bits per heavy atom. The van der Waals surface area contributed by atoms with Crippen molar-refractivity contribution in [2.24, 2.45) is 29.6 Å². The van der Waals surface area contributed by atoms with Crippen LogP contribution in [-0.4, -0.2) is 140 Å². The molecular weight excluding hydrogens is 756 g/mol. The molecule has 0 saturated carbocycles. The molecule has 8 heterocycles. The Balaban J connectivity index is 0.000000154. The van der Waals surface area contributed by atoms with Crippen LogP contribution >= 0.6 is 15.9 Å². The highest BCUT2D eigenvalue weighted by molar-refractivity contribution is 9.09. The zero-order chi connectivity index (χ0) is 37.6. The molecule has 52 heavy (non-hydrogen) atoms. The minimum absolute atomic E-state index is 0.000253. The summed E-state index contributed by atoms with van der Waals surface area (Å²) in [6.45, 7) is 16.0. The third kappa shape index (κ3) is 8.96. The number of carbonyl (C=O) groups excluding carboxylic acids is 3. The Labute approximate surface area is 312 Å². The number of halogens is 1. The third-order valence-electron chi connectivity index (χ3n) is 11.5. The first-order valence-electron chi connectivity index (χ1n) is 18.2. The van der Waals surface area contributed by atoms with Crippen LogP contribution in [0.25, 0.3) is 0 Å². The molecule has 8 aliphatic heterocycles. The number of rotatable bonds is 7. The maximum absolute atomic E-state index is 11.6. The van der Waals surface area contributed by atoms with Crippen LogP contribution < -0.4 is 0 Å². The summed E-state index contributed by atoms with van der Waals surface area (Å²) in [5.41, 5.74) is 0.